The first-order valence-electron chi connectivity index (χ1n) is 7.97. The van der Waals surface area contributed by atoms with Crippen LogP contribution in [0.5, 0.6) is 5.75 Å². The van der Waals surface area contributed by atoms with Gasteiger partial charge in [0.2, 0.25) is 5.91 Å². The molecular weight excluding hydrogens is 306 g/mol. The van der Waals surface area contributed by atoms with Crippen LogP contribution in [0, 0.1) is 0 Å². The second-order valence-electron chi connectivity index (χ2n) is 5.81. The minimum absolute atomic E-state index is 0.0518. The summed E-state index contributed by atoms with van der Waals surface area (Å²) >= 11 is 0. The number of hydrogen-bond donors (Lipinski definition) is 2. The van der Waals surface area contributed by atoms with Crippen molar-refractivity contribution in [1.29, 1.82) is 0 Å². The second-order valence-corrected chi connectivity index (χ2v) is 5.81. The SMILES string of the molecule is O=C(O)CCc1ccc(NC(=O)C2CCOc3ccccc32)cc1. The highest BCUT2D eigenvalue weighted by atomic mass is 16.5. The summed E-state index contributed by atoms with van der Waals surface area (Å²) in [5.74, 6) is -0.316. The largest absolute Gasteiger partial charge is 0.493 e. The molecule has 0 bridgehead atoms. The molecule has 0 radical (unpaired) electrons. The zero-order valence-corrected chi connectivity index (χ0v) is 13.2. The van der Waals surface area contributed by atoms with Gasteiger partial charge in [-0.1, -0.05) is 30.3 Å². The van der Waals surface area contributed by atoms with Crippen LogP contribution in [0.1, 0.15) is 29.9 Å². The fraction of sp³-hybridized carbons (Fsp3) is 0.263. The summed E-state index contributed by atoms with van der Waals surface area (Å²) in [6.45, 7) is 0.531. The van der Waals surface area contributed by atoms with E-state index in [0.717, 1.165) is 16.9 Å². The van der Waals surface area contributed by atoms with Crippen molar-refractivity contribution in [2.75, 3.05) is 11.9 Å². The van der Waals surface area contributed by atoms with Gasteiger partial charge in [-0.25, -0.2) is 0 Å². The van der Waals surface area contributed by atoms with Crippen LogP contribution in [0.25, 0.3) is 0 Å². The van der Waals surface area contributed by atoms with E-state index in [9.17, 15) is 9.59 Å². The molecule has 2 aromatic carbocycles. The Labute approximate surface area is 140 Å². The Kier molecular flexibility index (Phi) is 4.79. The highest BCUT2D eigenvalue weighted by Crippen LogP contribution is 2.34. The van der Waals surface area contributed by atoms with Crippen molar-refractivity contribution >= 4 is 17.6 Å². The number of carboxylic acids is 1. The Morgan fingerprint density at radius 3 is 2.62 bits per heavy atom. The van der Waals surface area contributed by atoms with Gasteiger partial charge in [0, 0.05) is 17.7 Å². The van der Waals surface area contributed by atoms with Gasteiger partial charge in [-0.3, -0.25) is 9.59 Å². The number of anilines is 1. The number of nitrogens with one attached hydrogen (secondary N) is 1. The minimum atomic E-state index is -0.814. The number of aliphatic carboxylic acids is 1. The molecule has 5 heteroatoms. The predicted molar refractivity (Wildman–Crippen MR) is 90.3 cm³/mol. The maximum Gasteiger partial charge on any atom is 0.303 e. The number of fused-ring (bicyclic) bond motifs is 1. The Morgan fingerprint density at radius 2 is 1.88 bits per heavy atom. The van der Waals surface area contributed by atoms with Gasteiger partial charge < -0.3 is 15.2 Å². The van der Waals surface area contributed by atoms with E-state index in [1.165, 1.54) is 0 Å². The molecule has 3 rings (SSSR count). The molecule has 2 N–H and O–H groups in total. The van der Waals surface area contributed by atoms with Crippen LogP contribution in [0.2, 0.25) is 0 Å². The average Bonchev–Trinajstić information content (AvgIpc) is 2.60. The second kappa shape index (κ2) is 7.17. The number of carbonyl (C=O) groups excluding carboxylic acids is 1. The van der Waals surface area contributed by atoms with E-state index in [1.54, 1.807) is 12.1 Å². The Morgan fingerprint density at radius 1 is 1.12 bits per heavy atom. The van der Waals surface area contributed by atoms with Crippen LogP contribution in [0.4, 0.5) is 5.69 Å². The standard InChI is InChI=1S/C19H19NO4/c21-18(22)10-7-13-5-8-14(9-6-13)20-19(23)16-11-12-24-17-4-2-1-3-15(16)17/h1-6,8-9,16H,7,10-12H2,(H,20,23)(H,21,22). The molecule has 1 aliphatic rings. The molecule has 0 saturated carbocycles. The first-order valence-corrected chi connectivity index (χ1v) is 7.97. The summed E-state index contributed by atoms with van der Waals surface area (Å²) in [5, 5.41) is 11.6. The van der Waals surface area contributed by atoms with E-state index >= 15 is 0 Å². The smallest absolute Gasteiger partial charge is 0.303 e. The minimum Gasteiger partial charge on any atom is -0.493 e. The highest BCUT2D eigenvalue weighted by Gasteiger charge is 2.27. The van der Waals surface area contributed by atoms with Gasteiger partial charge in [0.05, 0.1) is 12.5 Å². The Balaban J connectivity index is 1.66. The maximum atomic E-state index is 12.6. The molecule has 0 aromatic heterocycles. The van der Waals surface area contributed by atoms with Gasteiger partial charge in [-0.15, -0.1) is 0 Å². The van der Waals surface area contributed by atoms with Crippen molar-refractivity contribution in [2.24, 2.45) is 0 Å². The lowest BCUT2D eigenvalue weighted by Gasteiger charge is -2.25. The number of aryl methyl sites for hydroxylation is 1. The molecule has 1 unspecified atom stereocenters. The maximum absolute atomic E-state index is 12.6. The van der Waals surface area contributed by atoms with Gasteiger partial charge in [0.15, 0.2) is 0 Å². The van der Waals surface area contributed by atoms with Crippen molar-refractivity contribution in [2.45, 2.75) is 25.2 Å². The molecule has 1 aliphatic heterocycles. The van der Waals surface area contributed by atoms with E-state index in [2.05, 4.69) is 5.32 Å². The zero-order chi connectivity index (χ0) is 16.9. The predicted octanol–water partition coefficient (Wildman–Crippen LogP) is 3.21. The molecule has 5 nitrogen and oxygen atoms in total. The fourth-order valence-corrected chi connectivity index (χ4v) is 2.85. The Hall–Kier alpha value is -2.82. The zero-order valence-electron chi connectivity index (χ0n) is 13.2. The highest BCUT2D eigenvalue weighted by molar-refractivity contribution is 5.96. The fourth-order valence-electron chi connectivity index (χ4n) is 2.85. The van der Waals surface area contributed by atoms with E-state index in [-0.39, 0.29) is 18.2 Å². The van der Waals surface area contributed by atoms with Gasteiger partial charge in [-0.2, -0.15) is 0 Å². The molecule has 1 heterocycles. The lowest BCUT2D eigenvalue weighted by molar-refractivity contribution is -0.137. The molecule has 1 atom stereocenters. The van der Waals surface area contributed by atoms with Crippen LogP contribution >= 0.6 is 0 Å². The van der Waals surface area contributed by atoms with E-state index in [0.29, 0.717) is 25.1 Å². The summed E-state index contributed by atoms with van der Waals surface area (Å²) in [6.07, 6.45) is 1.24. The molecule has 0 fully saturated rings. The number of carbonyl (C=O) groups is 2. The quantitative estimate of drug-likeness (QED) is 0.885. The lowest BCUT2D eigenvalue weighted by atomic mass is 9.92. The molecule has 124 valence electrons. The monoisotopic (exact) mass is 325 g/mol. The Bertz CT molecular complexity index is 739. The van der Waals surface area contributed by atoms with Crippen molar-refractivity contribution in [3.63, 3.8) is 0 Å². The van der Waals surface area contributed by atoms with Gasteiger partial charge >= 0.3 is 5.97 Å². The van der Waals surface area contributed by atoms with E-state index < -0.39 is 5.97 Å². The summed E-state index contributed by atoms with van der Waals surface area (Å²) in [7, 11) is 0. The molecular formula is C19H19NO4. The molecule has 0 saturated heterocycles. The van der Waals surface area contributed by atoms with Gasteiger partial charge in [0.1, 0.15) is 5.75 Å². The van der Waals surface area contributed by atoms with Gasteiger partial charge in [-0.05, 0) is 36.6 Å². The third-order valence-corrected chi connectivity index (χ3v) is 4.12. The van der Waals surface area contributed by atoms with E-state index in [1.807, 2.05) is 36.4 Å². The number of benzene rings is 2. The molecule has 24 heavy (non-hydrogen) atoms. The molecule has 1 amide bonds. The third kappa shape index (κ3) is 3.74. The lowest BCUT2D eigenvalue weighted by Crippen LogP contribution is -2.26. The first-order chi connectivity index (χ1) is 11.6. The number of carboxylic acid groups (broad SMARTS) is 1. The number of para-hydroxylation sites is 1. The first kappa shape index (κ1) is 16.1. The average molecular weight is 325 g/mol. The summed E-state index contributed by atoms with van der Waals surface area (Å²) < 4.78 is 5.59. The topological polar surface area (TPSA) is 75.6 Å². The van der Waals surface area contributed by atoms with Crippen molar-refractivity contribution < 1.29 is 19.4 Å². The normalized spacial score (nSPS) is 15.9. The number of rotatable bonds is 5. The number of hydrogen-bond acceptors (Lipinski definition) is 3. The van der Waals surface area contributed by atoms with Crippen LogP contribution in [-0.4, -0.2) is 23.6 Å². The van der Waals surface area contributed by atoms with Crippen molar-refractivity contribution in [3.05, 3.63) is 59.7 Å². The van der Waals surface area contributed by atoms with Crippen molar-refractivity contribution in [3.8, 4) is 5.75 Å². The van der Waals surface area contributed by atoms with Crippen LogP contribution < -0.4 is 10.1 Å². The molecule has 0 spiro atoms. The van der Waals surface area contributed by atoms with Crippen LogP contribution in [0.15, 0.2) is 48.5 Å². The van der Waals surface area contributed by atoms with Crippen LogP contribution in [0.3, 0.4) is 0 Å². The van der Waals surface area contributed by atoms with E-state index in [4.69, 9.17) is 9.84 Å². The molecule has 2 aromatic rings. The summed E-state index contributed by atoms with van der Waals surface area (Å²) in [6, 6.07) is 14.9. The van der Waals surface area contributed by atoms with Crippen LogP contribution in [-0.2, 0) is 16.0 Å². The molecule has 0 aliphatic carbocycles. The summed E-state index contributed by atoms with van der Waals surface area (Å²) in [4.78, 5) is 23.2. The number of ether oxygens (including phenoxy) is 1. The third-order valence-electron chi connectivity index (χ3n) is 4.12. The van der Waals surface area contributed by atoms with Crippen molar-refractivity contribution in [1.82, 2.24) is 0 Å². The van der Waals surface area contributed by atoms with Gasteiger partial charge in [0.25, 0.3) is 0 Å². The summed E-state index contributed by atoms with van der Waals surface area (Å²) in [5.41, 5.74) is 2.56. The number of amides is 1.